The Kier molecular flexibility index (Phi) is 9.61. The molecule has 1 aliphatic rings. The quantitative estimate of drug-likeness (QED) is 0.258. The van der Waals surface area contributed by atoms with Gasteiger partial charge in [0.1, 0.15) is 11.5 Å². The zero-order valence-corrected chi connectivity index (χ0v) is 19.1. The molecule has 0 bridgehead atoms. The number of phenols is 1. The number of ether oxygens (including phenoxy) is 1. The van der Waals surface area contributed by atoms with Crippen molar-refractivity contribution in [3.63, 3.8) is 0 Å². The number of alkyl halides is 1. The number of aliphatic hydroxyl groups is 1. The standard InChI is InChI=1S/C25H31ClO5/c1-4-5-8-16(2)21(27)14-13-18-22(28)15-20(26)24(18)19-11-6-9-17(25(19)30)10-7-12-23(29)31-3/h6,9,11,13-14,16,18,20-21,24,27,30H,7-8,10,12,15H2,1-3H3/b14-13+/t16?,18-,20+,21?,24-/m0/s1. The molecule has 0 heterocycles. The second kappa shape index (κ2) is 11.9. The molecule has 1 fully saturated rings. The predicted octanol–water partition coefficient (Wildman–Crippen LogP) is 4.13. The van der Waals surface area contributed by atoms with Crippen molar-refractivity contribution in [2.45, 2.75) is 63.4 Å². The van der Waals surface area contributed by atoms with E-state index in [1.807, 2.05) is 13.0 Å². The first-order valence-electron chi connectivity index (χ1n) is 10.6. The fraction of sp³-hybridized carbons (Fsp3) is 0.520. The van der Waals surface area contributed by atoms with E-state index in [-0.39, 0.29) is 42.2 Å². The number of rotatable bonds is 9. The highest BCUT2D eigenvalue weighted by Gasteiger charge is 2.42. The number of hydrogen-bond acceptors (Lipinski definition) is 5. The first-order valence-corrected chi connectivity index (χ1v) is 11.0. The minimum atomic E-state index is -0.720. The summed E-state index contributed by atoms with van der Waals surface area (Å²) in [4.78, 5) is 24.0. The molecule has 31 heavy (non-hydrogen) atoms. The van der Waals surface area contributed by atoms with E-state index in [2.05, 4.69) is 16.6 Å². The van der Waals surface area contributed by atoms with Crippen molar-refractivity contribution in [1.29, 1.82) is 0 Å². The molecule has 0 aromatic heterocycles. The number of aromatic hydroxyl groups is 1. The number of ketones is 1. The summed E-state index contributed by atoms with van der Waals surface area (Å²) in [6.07, 6.45) is 4.74. The second-order valence-corrected chi connectivity index (χ2v) is 8.57. The third-order valence-corrected chi connectivity index (χ3v) is 6.23. The molecule has 2 rings (SSSR count). The molecular formula is C25H31ClO5. The van der Waals surface area contributed by atoms with Crippen LogP contribution in [0.3, 0.4) is 0 Å². The maximum Gasteiger partial charge on any atom is 0.305 e. The molecule has 168 valence electrons. The van der Waals surface area contributed by atoms with E-state index in [0.29, 0.717) is 30.4 Å². The van der Waals surface area contributed by atoms with Gasteiger partial charge in [0.15, 0.2) is 0 Å². The maximum atomic E-state index is 12.6. The highest BCUT2D eigenvalue weighted by molar-refractivity contribution is 6.23. The van der Waals surface area contributed by atoms with E-state index >= 15 is 0 Å². The van der Waals surface area contributed by atoms with Gasteiger partial charge in [-0.15, -0.1) is 23.4 Å². The topological polar surface area (TPSA) is 83.8 Å². The Hall–Kier alpha value is -2.29. The first-order chi connectivity index (χ1) is 14.8. The van der Waals surface area contributed by atoms with Crippen LogP contribution in [-0.2, 0) is 20.7 Å². The first kappa shape index (κ1) is 25.0. The van der Waals surface area contributed by atoms with E-state index in [1.54, 1.807) is 31.2 Å². The van der Waals surface area contributed by atoms with Crippen LogP contribution >= 0.6 is 11.6 Å². The Morgan fingerprint density at radius 3 is 2.84 bits per heavy atom. The zero-order chi connectivity index (χ0) is 23.0. The van der Waals surface area contributed by atoms with E-state index in [0.717, 1.165) is 0 Å². The van der Waals surface area contributed by atoms with Crippen molar-refractivity contribution in [2.75, 3.05) is 7.11 Å². The molecule has 2 unspecified atom stereocenters. The van der Waals surface area contributed by atoms with Crippen molar-refractivity contribution < 1.29 is 24.5 Å². The summed E-state index contributed by atoms with van der Waals surface area (Å²) >= 11 is 6.53. The van der Waals surface area contributed by atoms with Gasteiger partial charge in [0.05, 0.1) is 13.2 Å². The van der Waals surface area contributed by atoms with Crippen LogP contribution in [0, 0.1) is 23.7 Å². The van der Waals surface area contributed by atoms with Crippen molar-refractivity contribution in [3.05, 3.63) is 41.5 Å². The number of carbonyl (C=O) groups is 2. The van der Waals surface area contributed by atoms with Gasteiger partial charge in [0, 0.05) is 36.5 Å². The third kappa shape index (κ3) is 6.59. The van der Waals surface area contributed by atoms with Crippen molar-refractivity contribution in [1.82, 2.24) is 0 Å². The molecule has 0 saturated heterocycles. The number of aliphatic hydroxyl groups excluding tert-OH is 1. The summed E-state index contributed by atoms with van der Waals surface area (Å²) in [6.45, 7) is 3.66. The van der Waals surface area contributed by atoms with Crippen molar-refractivity contribution >= 4 is 23.4 Å². The number of carbonyl (C=O) groups excluding carboxylic acids is 2. The fourth-order valence-electron chi connectivity index (χ4n) is 3.91. The molecule has 5 nitrogen and oxygen atoms in total. The summed E-state index contributed by atoms with van der Waals surface area (Å²) in [7, 11) is 1.35. The lowest BCUT2D eigenvalue weighted by Gasteiger charge is -2.22. The number of phenolic OH excluding ortho intramolecular Hbond substituents is 1. The summed E-state index contributed by atoms with van der Waals surface area (Å²) in [5.74, 6) is 4.63. The van der Waals surface area contributed by atoms with E-state index < -0.39 is 17.4 Å². The number of Topliss-reactive ketones (excluding diaryl/α,β-unsaturated/α-hetero) is 1. The average molecular weight is 447 g/mol. The Morgan fingerprint density at radius 2 is 2.16 bits per heavy atom. The van der Waals surface area contributed by atoms with Crippen LogP contribution < -0.4 is 0 Å². The zero-order valence-electron chi connectivity index (χ0n) is 18.3. The van der Waals surface area contributed by atoms with Crippen LogP contribution in [-0.4, -0.2) is 40.6 Å². The summed E-state index contributed by atoms with van der Waals surface area (Å²) in [5, 5.41) is 20.8. The lowest BCUT2D eigenvalue weighted by Crippen LogP contribution is -2.18. The normalized spacial score (nSPS) is 22.7. The Morgan fingerprint density at radius 1 is 1.42 bits per heavy atom. The van der Waals surface area contributed by atoms with Gasteiger partial charge in [-0.1, -0.05) is 37.3 Å². The van der Waals surface area contributed by atoms with Crippen LogP contribution in [0.25, 0.3) is 0 Å². The largest absolute Gasteiger partial charge is 0.507 e. The molecule has 1 aliphatic carbocycles. The average Bonchev–Trinajstić information content (AvgIpc) is 3.03. The Labute approximate surface area is 189 Å². The van der Waals surface area contributed by atoms with Gasteiger partial charge in [0.25, 0.3) is 0 Å². The van der Waals surface area contributed by atoms with E-state index in [4.69, 9.17) is 11.6 Å². The minimum absolute atomic E-state index is 0.00931. The highest BCUT2D eigenvalue weighted by atomic mass is 35.5. The van der Waals surface area contributed by atoms with E-state index in [1.165, 1.54) is 7.11 Å². The number of halogens is 1. The molecule has 6 heteroatoms. The van der Waals surface area contributed by atoms with Gasteiger partial charge >= 0.3 is 5.97 Å². The van der Waals surface area contributed by atoms with Gasteiger partial charge in [-0.3, -0.25) is 9.59 Å². The van der Waals surface area contributed by atoms with Gasteiger partial charge in [-0.05, 0) is 36.8 Å². The molecule has 0 aliphatic heterocycles. The van der Waals surface area contributed by atoms with Crippen molar-refractivity contribution in [3.8, 4) is 17.6 Å². The number of allylic oxidation sites excluding steroid dienone is 1. The smallest absolute Gasteiger partial charge is 0.305 e. The summed E-state index contributed by atoms with van der Waals surface area (Å²) < 4.78 is 4.66. The number of para-hydroxylation sites is 1. The predicted molar refractivity (Wildman–Crippen MR) is 121 cm³/mol. The molecule has 1 saturated carbocycles. The van der Waals surface area contributed by atoms with Gasteiger partial charge in [0.2, 0.25) is 0 Å². The number of aryl methyl sites for hydroxylation is 1. The van der Waals surface area contributed by atoms with Gasteiger partial charge < -0.3 is 14.9 Å². The molecule has 1 aromatic carbocycles. The number of methoxy groups -OCH3 is 1. The molecule has 0 radical (unpaired) electrons. The van der Waals surface area contributed by atoms with Gasteiger partial charge in [-0.2, -0.15) is 0 Å². The Bertz CT molecular complexity index is 866. The van der Waals surface area contributed by atoms with Crippen LogP contribution in [0.1, 0.15) is 56.6 Å². The lowest BCUT2D eigenvalue weighted by atomic mass is 9.85. The van der Waals surface area contributed by atoms with Crippen LogP contribution in [0.4, 0.5) is 0 Å². The summed E-state index contributed by atoms with van der Waals surface area (Å²) in [6, 6.07) is 5.42. The fourth-order valence-corrected chi connectivity index (χ4v) is 4.35. The summed E-state index contributed by atoms with van der Waals surface area (Å²) in [5.41, 5.74) is 1.33. The third-order valence-electron chi connectivity index (χ3n) is 5.81. The maximum absolute atomic E-state index is 12.6. The number of esters is 1. The van der Waals surface area contributed by atoms with Crippen LogP contribution in [0.5, 0.6) is 5.75 Å². The SMILES string of the molecule is CC#CCC(C)C(O)/C=C/[C@H]1C(=O)C[C@@H](Cl)[C@@H]1c1cccc(CCCC(=O)OC)c1O. The second-order valence-electron chi connectivity index (χ2n) is 8.01. The number of hydrogen-bond donors (Lipinski definition) is 2. The molecule has 0 spiro atoms. The highest BCUT2D eigenvalue weighted by Crippen LogP contribution is 2.45. The van der Waals surface area contributed by atoms with Crippen LogP contribution in [0.2, 0.25) is 0 Å². The van der Waals surface area contributed by atoms with Gasteiger partial charge in [-0.25, -0.2) is 0 Å². The molecule has 0 amide bonds. The lowest BCUT2D eigenvalue weighted by molar-refractivity contribution is -0.140. The van der Waals surface area contributed by atoms with Crippen molar-refractivity contribution in [2.24, 2.45) is 11.8 Å². The molecular weight excluding hydrogens is 416 g/mol. The molecule has 5 atom stereocenters. The molecule has 1 aromatic rings. The minimum Gasteiger partial charge on any atom is -0.507 e. The monoisotopic (exact) mass is 446 g/mol. The van der Waals surface area contributed by atoms with E-state index in [9.17, 15) is 19.8 Å². The molecule has 2 N–H and O–H groups in total. The number of benzene rings is 1. The Balaban J connectivity index is 2.21. The van der Waals surface area contributed by atoms with Crippen LogP contribution in [0.15, 0.2) is 30.4 Å².